The zero-order valence-electron chi connectivity index (χ0n) is 23.3. The molecule has 3 fully saturated rings. The van der Waals surface area contributed by atoms with E-state index in [9.17, 15) is 5.11 Å². The largest absolute Gasteiger partial charge is 0.508 e. The van der Waals surface area contributed by atoms with Crippen LogP contribution in [0.4, 0.5) is 16.2 Å². The number of nitrogens with zero attached hydrogens (tertiary/aromatic N) is 5. The molecule has 2 aromatic carbocycles. The van der Waals surface area contributed by atoms with Crippen LogP contribution in [0.2, 0.25) is 5.02 Å². The highest BCUT2D eigenvalue weighted by Gasteiger charge is 2.34. The molecule has 0 saturated carbocycles. The molecule has 0 spiro atoms. The van der Waals surface area contributed by atoms with Gasteiger partial charge in [-0.05, 0) is 68.7 Å². The molecule has 2 N–H and O–H groups in total. The summed E-state index contributed by atoms with van der Waals surface area (Å²) in [7, 11) is 2.10. The molecular formula is C31H36ClFN6O. The van der Waals surface area contributed by atoms with Crippen molar-refractivity contribution >= 4 is 45.9 Å². The number of piperazine rings is 2. The third-order valence-electron chi connectivity index (χ3n) is 8.40. The van der Waals surface area contributed by atoms with E-state index in [0.717, 1.165) is 69.1 Å². The Balaban J connectivity index is 1.45. The predicted octanol–water partition coefficient (Wildman–Crippen LogP) is 5.43. The summed E-state index contributed by atoms with van der Waals surface area (Å²) in [6, 6.07) is 10.4. The molecule has 2 unspecified atom stereocenters. The van der Waals surface area contributed by atoms with E-state index in [4.69, 9.17) is 21.6 Å². The van der Waals surface area contributed by atoms with Gasteiger partial charge in [0, 0.05) is 62.3 Å². The lowest BCUT2D eigenvalue weighted by Gasteiger charge is -2.36. The molecule has 3 aliphatic heterocycles. The Bertz CT molecular complexity index is 1490. The maximum Gasteiger partial charge on any atom is 0.228 e. The first-order valence-corrected chi connectivity index (χ1v) is 14.4. The molecule has 0 aliphatic carbocycles. The molecule has 1 aromatic heterocycles. The van der Waals surface area contributed by atoms with E-state index in [-0.39, 0.29) is 21.9 Å². The SMILES string of the molecule is C/C(=C\C(O)=C/c1ccccc1C)c1c(Cl)cc2c(N3CC4CCC(C3)N4)nc(N3CCN(C)CC3)nc2c1F. The van der Waals surface area contributed by atoms with E-state index in [0.29, 0.717) is 29.0 Å². The van der Waals surface area contributed by atoms with E-state index in [1.165, 1.54) is 0 Å². The number of benzene rings is 2. The molecular weight excluding hydrogens is 527 g/mol. The van der Waals surface area contributed by atoms with Crippen LogP contribution >= 0.6 is 11.6 Å². The normalized spacial score (nSPS) is 22.4. The van der Waals surface area contributed by atoms with Crippen LogP contribution in [0.5, 0.6) is 0 Å². The first kappa shape index (κ1) is 27.0. The molecule has 2 bridgehead atoms. The van der Waals surface area contributed by atoms with E-state index in [2.05, 4.69) is 27.1 Å². The molecule has 4 heterocycles. The molecule has 0 radical (unpaired) electrons. The Morgan fingerprint density at radius 1 is 1.07 bits per heavy atom. The number of aliphatic hydroxyl groups excluding tert-OH is 1. The second-order valence-corrected chi connectivity index (χ2v) is 11.8. The summed E-state index contributed by atoms with van der Waals surface area (Å²) in [4.78, 5) is 16.5. The summed E-state index contributed by atoms with van der Waals surface area (Å²) < 4.78 is 16.5. The monoisotopic (exact) mass is 562 g/mol. The first-order chi connectivity index (χ1) is 19.3. The van der Waals surface area contributed by atoms with Crippen LogP contribution in [0.15, 0.2) is 42.2 Å². The lowest BCUT2D eigenvalue weighted by atomic mass is 10.0. The quantitative estimate of drug-likeness (QED) is 0.318. The average Bonchev–Trinajstić information content (AvgIpc) is 3.27. The zero-order valence-corrected chi connectivity index (χ0v) is 24.0. The highest BCUT2D eigenvalue weighted by atomic mass is 35.5. The average molecular weight is 563 g/mol. The van der Waals surface area contributed by atoms with Crippen LogP contribution in [-0.2, 0) is 0 Å². The molecule has 210 valence electrons. The lowest BCUT2D eigenvalue weighted by Crippen LogP contribution is -2.51. The van der Waals surface area contributed by atoms with Crippen LogP contribution in [0.1, 0.15) is 36.5 Å². The third-order valence-corrected chi connectivity index (χ3v) is 8.70. The number of rotatable bonds is 5. The Labute approximate surface area is 240 Å². The van der Waals surface area contributed by atoms with E-state index in [1.807, 2.05) is 31.2 Å². The van der Waals surface area contributed by atoms with Crippen LogP contribution in [0, 0.1) is 12.7 Å². The van der Waals surface area contributed by atoms with Gasteiger partial charge in [-0.3, -0.25) is 0 Å². The first-order valence-electron chi connectivity index (χ1n) is 14.1. The van der Waals surface area contributed by atoms with Crippen molar-refractivity contribution in [1.82, 2.24) is 20.2 Å². The van der Waals surface area contributed by atoms with Gasteiger partial charge in [-0.15, -0.1) is 0 Å². The fourth-order valence-electron chi connectivity index (χ4n) is 6.13. The van der Waals surface area contributed by atoms with Crippen molar-refractivity contribution in [3.05, 3.63) is 69.7 Å². The summed E-state index contributed by atoms with van der Waals surface area (Å²) in [5.41, 5.74) is 2.96. The number of allylic oxidation sites excluding steroid dienone is 2. The summed E-state index contributed by atoms with van der Waals surface area (Å²) in [6.45, 7) is 8.75. The standard InChI is InChI=1S/C31H36ClFN6O/c1-19-6-4-5-7-21(19)15-24(40)14-20(2)27-26(32)16-25-29(28(27)33)35-31(38-12-10-37(3)11-13-38)36-30(25)39-17-22-8-9-23(18-39)34-22/h4-7,14-16,22-23,34,40H,8-13,17-18H2,1-3H3/b20-14+,24-15+. The number of halogens is 2. The summed E-state index contributed by atoms with van der Waals surface area (Å²) in [6.07, 6.45) is 5.51. The van der Waals surface area contributed by atoms with Gasteiger partial charge in [-0.1, -0.05) is 35.9 Å². The smallest absolute Gasteiger partial charge is 0.228 e. The van der Waals surface area contributed by atoms with Gasteiger partial charge in [0.1, 0.15) is 17.1 Å². The van der Waals surface area contributed by atoms with Crippen molar-refractivity contribution in [1.29, 1.82) is 0 Å². The van der Waals surface area contributed by atoms with Crippen molar-refractivity contribution in [3.8, 4) is 0 Å². The molecule has 40 heavy (non-hydrogen) atoms. The number of fused-ring (bicyclic) bond motifs is 3. The fraction of sp³-hybridized carbons (Fsp3) is 0.419. The minimum absolute atomic E-state index is 0.0279. The summed E-state index contributed by atoms with van der Waals surface area (Å²) in [5, 5.41) is 15.3. The molecule has 7 nitrogen and oxygen atoms in total. The van der Waals surface area contributed by atoms with Gasteiger partial charge in [0.25, 0.3) is 0 Å². The number of anilines is 2. The van der Waals surface area contributed by atoms with Crippen molar-refractivity contribution in [2.24, 2.45) is 0 Å². The number of aromatic nitrogens is 2. The number of hydrogen-bond donors (Lipinski definition) is 2. The number of aliphatic hydroxyl groups is 1. The van der Waals surface area contributed by atoms with Gasteiger partial charge in [0.15, 0.2) is 5.82 Å². The Morgan fingerprint density at radius 2 is 1.77 bits per heavy atom. The molecule has 3 aromatic rings. The fourth-order valence-corrected chi connectivity index (χ4v) is 6.47. The van der Waals surface area contributed by atoms with E-state index in [1.54, 1.807) is 25.1 Å². The minimum Gasteiger partial charge on any atom is -0.508 e. The molecule has 3 aliphatic rings. The van der Waals surface area contributed by atoms with Crippen molar-refractivity contribution in [3.63, 3.8) is 0 Å². The maximum atomic E-state index is 16.5. The van der Waals surface area contributed by atoms with Gasteiger partial charge >= 0.3 is 0 Å². The highest BCUT2D eigenvalue weighted by Crippen LogP contribution is 2.38. The second-order valence-electron chi connectivity index (χ2n) is 11.4. The molecule has 0 amide bonds. The Morgan fingerprint density at radius 3 is 2.48 bits per heavy atom. The number of likely N-dealkylation sites (N-methyl/N-ethyl adjacent to an activating group) is 1. The van der Waals surface area contributed by atoms with Crippen LogP contribution < -0.4 is 15.1 Å². The zero-order chi connectivity index (χ0) is 28.0. The van der Waals surface area contributed by atoms with Crippen LogP contribution in [0.25, 0.3) is 22.6 Å². The van der Waals surface area contributed by atoms with Crippen LogP contribution in [-0.4, -0.2) is 78.4 Å². The Kier molecular flexibility index (Phi) is 7.42. The minimum atomic E-state index is -0.489. The van der Waals surface area contributed by atoms with Crippen LogP contribution in [0.3, 0.4) is 0 Å². The summed E-state index contributed by atoms with van der Waals surface area (Å²) in [5.74, 6) is 0.837. The van der Waals surface area contributed by atoms with Crippen molar-refractivity contribution < 1.29 is 9.50 Å². The Hall–Kier alpha value is -3.20. The maximum absolute atomic E-state index is 16.5. The van der Waals surface area contributed by atoms with Gasteiger partial charge < -0.3 is 25.1 Å². The number of nitrogens with one attached hydrogen (secondary N) is 1. The van der Waals surface area contributed by atoms with Gasteiger partial charge in [-0.2, -0.15) is 4.98 Å². The van der Waals surface area contributed by atoms with Crippen molar-refractivity contribution in [2.45, 2.75) is 38.8 Å². The number of aryl methyl sites for hydroxylation is 1. The lowest BCUT2D eigenvalue weighted by molar-refractivity contribution is 0.311. The number of hydrogen-bond acceptors (Lipinski definition) is 7. The topological polar surface area (TPSA) is 67.8 Å². The van der Waals surface area contributed by atoms with Crippen molar-refractivity contribution in [2.75, 3.05) is 56.1 Å². The van der Waals surface area contributed by atoms with Gasteiger partial charge in [0.2, 0.25) is 5.95 Å². The van der Waals surface area contributed by atoms with E-state index >= 15 is 4.39 Å². The highest BCUT2D eigenvalue weighted by molar-refractivity contribution is 6.33. The second kappa shape index (κ2) is 11.0. The third kappa shape index (κ3) is 5.28. The molecule has 2 atom stereocenters. The van der Waals surface area contributed by atoms with Gasteiger partial charge in [-0.25, -0.2) is 9.37 Å². The van der Waals surface area contributed by atoms with E-state index < -0.39 is 5.82 Å². The molecule has 9 heteroatoms. The molecule has 3 saturated heterocycles. The predicted molar refractivity (Wildman–Crippen MR) is 162 cm³/mol. The summed E-state index contributed by atoms with van der Waals surface area (Å²) >= 11 is 6.77. The molecule has 6 rings (SSSR count). The van der Waals surface area contributed by atoms with Gasteiger partial charge in [0.05, 0.1) is 5.02 Å².